The van der Waals surface area contributed by atoms with E-state index < -0.39 is 5.82 Å². The number of ether oxygens (including phenoxy) is 1. The predicted molar refractivity (Wildman–Crippen MR) is 81.1 cm³/mol. The summed E-state index contributed by atoms with van der Waals surface area (Å²) in [5, 5.41) is 9.73. The third kappa shape index (κ3) is 4.24. The summed E-state index contributed by atoms with van der Waals surface area (Å²) in [6, 6.07) is 2.84. The zero-order valence-corrected chi connectivity index (χ0v) is 12.1. The Morgan fingerprint density at radius 1 is 1.57 bits per heavy atom. The number of nitrogens with zero attached hydrogens (tertiary/aromatic N) is 1. The quantitative estimate of drug-likeness (QED) is 0.757. The van der Waals surface area contributed by atoms with Crippen LogP contribution in [0.4, 0.5) is 4.39 Å². The minimum absolute atomic E-state index is 0.0216. The number of hydrogen-bond acceptors (Lipinski definition) is 4. The number of allylic oxidation sites excluding steroid dienone is 1. The molecule has 2 N–H and O–H groups in total. The Balaban J connectivity index is 3.10. The highest BCUT2D eigenvalue weighted by molar-refractivity contribution is 5.94. The van der Waals surface area contributed by atoms with Crippen LogP contribution in [0, 0.1) is 11.2 Å². The topological polar surface area (TPSA) is 74.5 Å². The summed E-state index contributed by atoms with van der Waals surface area (Å²) in [6.07, 6.45) is 3.33. The molecule has 0 aliphatic heterocycles. The molecule has 0 atom stereocenters. The molecule has 0 saturated heterocycles. The first-order chi connectivity index (χ1) is 10.1. The fourth-order valence-electron chi connectivity index (χ4n) is 1.83. The number of amides is 1. The Morgan fingerprint density at radius 3 is 2.81 bits per heavy atom. The Kier molecular flexibility index (Phi) is 6.26. The smallest absolute Gasteiger partial charge is 0.251 e. The number of aliphatic imine (C=N–C) groups is 1. The van der Waals surface area contributed by atoms with E-state index in [9.17, 15) is 9.18 Å². The van der Waals surface area contributed by atoms with E-state index in [2.05, 4.69) is 17.0 Å². The van der Waals surface area contributed by atoms with Gasteiger partial charge in [0.1, 0.15) is 0 Å². The van der Waals surface area contributed by atoms with Crippen LogP contribution in [0.5, 0.6) is 5.75 Å². The van der Waals surface area contributed by atoms with Crippen molar-refractivity contribution in [3.8, 4) is 5.75 Å². The molecule has 1 aromatic rings. The lowest BCUT2D eigenvalue weighted by atomic mass is 10.0. The van der Waals surface area contributed by atoms with Crippen molar-refractivity contribution in [3.63, 3.8) is 0 Å². The van der Waals surface area contributed by atoms with Crippen molar-refractivity contribution in [2.45, 2.75) is 12.8 Å². The van der Waals surface area contributed by atoms with Gasteiger partial charge in [-0.05, 0) is 42.8 Å². The number of carbonyl (C=O) groups excluding carboxylic acids is 1. The van der Waals surface area contributed by atoms with Gasteiger partial charge in [0.15, 0.2) is 11.6 Å². The molecule has 0 aliphatic rings. The normalized spacial score (nSPS) is 10.9. The Bertz CT molecular complexity index is 583. The molecular weight excluding hydrogens is 273 g/mol. The minimum Gasteiger partial charge on any atom is -0.494 e. The van der Waals surface area contributed by atoms with Gasteiger partial charge in [0.25, 0.3) is 5.91 Å². The van der Waals surface area contributed by atoms with Crippen LogP contribution in [0.25, 0.3) is 0 Å². The van der Waals surface area contributed by atoms with Crippen molar-refractivity contribution in [1.29, 1.82) is 5.41 Å². The molecule has 112 valence electrons. The van der Waals surface area contributed by atoms with Crippen LogP contribution in [0.15, 0.2) is 28.9 Å². The Morgan fingerprint density at radius 2 is 2.29 bits per heavy atom. The summed E-state index contributed by atoms with van der Waals surface area (Å²) < 4.78 is 19.2. The molecule has 0 fully saturated rings. The fourth-order valence-corrected chi connectivity index (χ4v) is 1.83. The molecule has 0 heterocycles. The molecule has 0 spiro atoms. The lowest BCUT2D eigenvalue weighted by molar-refractivity contribution is 0.0962. The highest BCUT2D eigenvalue weighted by Crippen LogP contribution is 2.24. The lowest BCUT2D eigenvalue weighted by Gasteiger charge is -2.10. The molecule has 1 rings (SSSR count). The van der Waals surface area contributed by atoms with Gasteiger partial charge in [-0.1, -0.05) is 0 Å². The molecule has 1 aromatic carbocycles. The highest BCUT2D eigenvalue weighted by Gasteiger charge is 2.15. The molecule has 5 nitrogen and oxygen atoms in total. The van der Waals surface area contributed by atoms with E-state index in [1.807, 2.05) is 0 Å². The zero-order chi connectivity index (χ0) is 15.8. The van der Waals surface area contributed by atoms with Crippen LogP contribution in [-0.4, -0.2) is 33.0 Å². The second kappa shape index (κ2) is 7.94. The van der Waals surface area contributed by atoms with Crippen LogP contribution >= 0.6 is 0 Å². The van der Waals surface area contributed by atoms with Gasteiger partial charge in [0.2, 0.25) is 0 Å². The van der Waals surface area contributed by atoms with E-state index >= 15 is 0 Å². The second-order valence-electron chi connectivity index (χ2n) is 4.26. The summed E-state index contributed by atoms with van der Waals surface area (Å²) in [6.45, 7) is 3.32. The molecule has 0 saturated carbocycles. The van der Waals surface area contributed by atoms with Crippen molar-refractivity contribution in [3.05, 3.63) is 40.8 Å². The average Bonchev–Trinajstić information content (AvgIpc) is 2.51. The zero-order valence-electron chi connectivity index (χ0n) is 12.1. The maximum Gasteiger partial charge on any atom is 0.251 e. The molecule has 0 unspecified atom stereocenters. The maximum atomic E-state index is 14.2. The van der Waals surface area contributed by atoms with Gasteiger partial charge in [-0.25, -0.2) is 4.39 Å². The highest BCUT2D eigenvalue weighted by atomic mass is 19.1. The van der Waals surface area contributed by atoms with Crippen molar-refractivity contribution in [2.75, 3.05) is 14.2 Å². The number of aryl methyl sites for hydroxylation is 1. The Labute approximate surface area is 123 Å². The third-order valence-corrected chi connectivity index (χ3v) is 2.95. The van der Waals surface area contributed by atoms with Gasteiger partial charge < -0.3 is 15.5 Å². The number of halogens is 1. The monoisotopic (exact) mass is 291 g/mol. The number of nitrogens with one attached hydrogen (secondary N) is 2. The average molecular weight is 291 g/mol. The molecule has 6 heteroatoms. The van der Waals surface area contributed by atoms with Gasteiger partial charge in [-0.2, -0.15) is 0 Å². The molecule has 0 bridgehead atoms. The van der Waals surface area contributed by atoms with E-state index in [0.29, 0.717) is 29.5 Å². The molecule has 0 radical (unpaired) electrons. The van der Waals surface area contributed by atoms with Gasteiger partial charge in [-0.15, -0.1) is 0 Å². The van der Waals surface area contributed by atoms with Crippen LogP contribution in [0.2, 0.25) is 0 Å². The second-order valence-corrected chi connectivity index (χ2v) is 4.26. The first kappa shape index (κ1) is 16.6. The maximum absolute atomic E-state index is 14.2. The third-order valence-electron chi connectivity index (χ3n) is 2.95. The van der Waals surface area contributed by atoms with Gasteiger partial charge in [0.05, 0.1) is 7.11 Å². The number of methoxy groups -OCH3 is 1. The van der Waals surface area contributed by atoms with Crippen LogP contribution in [0.3, 0.4) is 0 Å². The Hall–Kier alpha value is -2.50. The first-order valence-corrected chi connectivity index (χ1v) is 6.31. The fraction of sp³-hybridized carbons (Fsp3) is 0.267. The molecule has 1 amide bonds. The number of carbonyl (C=O) groups is 1. The van der Waals surface area contributed by atoms with Gasteiger partial charge in [-0.3, -0.25) is 9.79 Å². The molecule has 0 aliphatic carbocycles. The van der Waals surface area contributed by atoms with E-state index in [4.69, 9.17) is 10.1 Å². The van der Waals surface area contributed by atoms with E-state index in [-0.39, 0.29) is 11.7 Å². The minimum atomic E-state index is -0.499. The van der Waals surface area contributed by atoms with Gasteiger partial charge in [0, 0.05) is 25.0 Å². The van der Waals surface area contributed by atoms with E-state index in [1.165, 1.54) is 32.5 Å². The van der Waals surface area contributed by atoms with Gasteiger partial charge >= 0.3 is 0 Å². The van der Waals surface area contributed by atoms with Crippen molar-refractivity contribution >= 4 is 18.8 Å². The van der Waals surface area contributed by atoms with E-state index in [1.54, 1.807) is 0 Å². The van der Waals surface area contributed by atoms with Crippen molar-refractivity contribution < 1.29 is 13.9 Å². The number of benzene rings is 1. The van der Waals surface area contributed by atoms with Crippen LogP contribution in [-0.2, 0) is 6.42 Å². The first-order valence-electron chi connectivity index (χ1n) is 6.31. The van der Waals surface area contributed by atoms with Crippen molar-refractivity contribution in [1.82, 2.24) is 5.32 Å². The summed E-state index contributed by atoms with van der Waals surface area (Å²) in [5.74, 6) is -0.792. The van der Waals surface area contributed by atoms with Crippen LogP contribution in [0.1, 0.15) is 22.3 Å². The SMILES string of the molecule is C=N/C=C(\C=N)CCc1cc(C(=O)NC)cc(OC)c1F. The van der Waals surface area contributed by atoms with Crippen molar-refractivity contribution in [2.24, 2.45) is 4.99 Å². The summed E-state index contributed by atoms with van der Waals surface area (Å²) in [5.41, 5.74) is 1.30. The number of rotatable bonds is 7. The van der Waals surface area contributed by atoms with Crippen LogP contribution < -0.4 is 10.1 Å². The predicted octanol–water partition coefficient (Wildman–Crippen LogP) is 2.36. The molecular formula is C15H18FN3O2. The largest absolute Gasteiger partial charge is 0.494 e. The lowest BCUT2D eigenvalue weighted by Crippen LogP contribution is -2.18. The number of hydrogen-bond donors (Lipinski definition) is 2. The van der Waals surface area contributed by atoms with E-state index in [0.717, 1.165) is 6.21 Å². The standard InChI is InChI=1S/C15H18FN3O2/c1-18-9-10(8-17)4-5-11-6-12(15(20)19-2)7-13(21-3)14(11)16/h6-9,17H,1,4-5H2,2-3H3,(H,19,20)/b10-9-,17-8?. The summed E-state index contributed by atoms with van der Waals surface area (Å²) in [4.78, 5) is 15.3. The molecule has 21 heavy (non-hydrogen) atoms. The summed E-state index contributed by atoms with van der Waals surface area (Å²) >= 11 is 0. The summed E-state index contributed by atoms with van der Waals surface area (Å²) in [7, 11) is 2.85. The molecule has 0 aromatic heterocycles.